The molecule has 0 spiro atoms. The molecule has 0 saturated carbocycles. The number of benzene rings is 3. The van der Waals surface area contributed by atoms with Crippen molar-refractivity contribution < 1.29 is 44.3 Å². The summed E-state index contributed by atoms with van der Waals surface area (Å²) >= 11 is 0. The average molecular weight is 571 g/mol. The molecule has 0 radical (unpaired) electrons. The van der Waals surface area contributed by atoms with Crippen LogP contribution in [0.1, 0.15) is 23.1 Å². The molecule has 0 bridgehead atoms. The fraction of sp³-hybridized carbons (Fsp3) is 0.212. The highest BCUT2D eigenvalue weighted by Gasteiger charge is 2.70. The number of ketones is 4. The van der Waals surface area contributed by atoms with Gasteiger partial charge in [-0.05, 0) is 35.3 Å². The molecule has 5 atom stereocenters. The monoisotopic (exact) mass is 570 g/mol. The maximum absolute atomic E-state index is 13.6. The van der Waals surface area contributed by atoms with Gasteiger partial charge in [0, 0.05) is 6.42 Å². The minimum Gasteiger partial charge on any atom is -0.384 e. The number of aryl methyl sites for hydroxylation is 1. The van der Waals surface area contributed by atoms with Crippen molar-refractivity contribution in [1.82, 2.24) is 0 Å². The number of carbonyl (C=O) groups is 4. The number of aliphatic hydroxyl groups is 4. The SMILES string of the molecule is O=C(CCc1ccccc1)C(=O)[C@](O)(C(=O)C=Cc1ccccc1)[C@H]1OC(O)[C@H](O)[C@]1(O)C(=O)C=Cc1ccccc1. The van der Waals surface area contributed by atoms with Gasteiger partial charge < -0.3 is 25.2 Å². The van der Waals surface area contributed by atoms with E-state index in [-0.39, 0.29) is 6.42 Å². The van der Waals surface area contributed by atoms with Crippen molar-refractivity contribution >= 4 is 35.3 Å². The summed E-state index contributed by atoms with van der Waals surface area (Å²) in [4.78, 5) is 53.6. The third-order valence-corrected chi connectivity index (χ3v) is 7.08. The summed E-state index contributed by atoms with van der Waals surface area (Å²) < 4.78 is 5.16. The molecule has 1 aliphatic heterocycles. The van der Waals surface area contributed by atoms with Gasteiger partial charge in [-0.25, -0.2) is 0 Å². The molecule has 0 amide bonds. The average Bonchev–Trinajstić information content (AvgIpc) is 3.27. The highest BCUT2D eigenvalue weighted by molar-refractivity contribution is 6.46. The predicted octanol–water partition coefficient (Wildman–Crippen LogP) is 1.86. The van der Waals surface area contributed by atoms with Gasteiger partial charge in [0.2, 0.25) is 17.2 Å². The van der Waals surface area contributed by atoms with Crippen molar-refractivity contribution in [2.75, 3.05) is 0 Å². The lowest BCUT2D eigenvalue weighted by Crippen LogP contribution is -2.68. The zero-order valence-corrected chi connectivity index (χ0v) is 22.4. The van der Waals surface area contributed by atoms with Crippen molar-refractivity contribution in [3.05, 3.63) is 120 Å². The normalized spacial score (nSPS) is 23.6. The molecule has 1 unspecified atom stereocenters. The van der Waals surface area contributed by atoms with Gasteiger partial charge in [0.1, 0.15) is 12.2 Å². The van der Waals surface area contributed by atoms with E-state index in [1.165, 1.54) is 12.2 Å². The number of hydrogen-bond donors (Lipinski definition) is 4. The van der Waals surface area contributed by atoms with Crippen molar-refractivity contribution in [3.8, 4) is 0 Å². The van der Waals surface area contributed by atoms with Crippen LogP contribution < -0.4 is 0 Å². The summed E-state index contributed by atoms with van der Waals surface area (Å²) in [5, 5.41) is 44.2. The molecule has 9 nitrogen and oxygen atoms in total. The van der Waals surface area contributed by atoms with E-state index in [4.69, 9.17) is 4.74 Å². The Morgan fingerprint density at radius 1 is 0.786 bits per heavy atom. The van der Waals surface area contributed by atoms with E-state index in [0.717, 1.165) is 12.2 Å². The number of Topliss-reactive ketones (excluding diaryl/α,β-unsaturated/α-hetero) is 2. The first-order valence-electron chi connectivity index (χ1n) is 13.2. The van der Waals surface area contributed by atoms with E-state index in [0.29, 0.717) is 16.7 Å². The predicted molar refractivity (Wildman–Crippen MR) is 153 cm³/mol. The number of aliphatic hydroxyl groups excluding tert-OH is 2. The summed E-state index contributed by atoms with van der Waals surface area (Å²) in [6.07, 6.45) is -3.30. The molecule has 3 aromatic rings. The van der Waals surface area contributed by atoms with E-state index in [1.54, 1.807) is 91.0 Å². The van der Waals surface area contributed by atoms with Crippen molar-refractivity contribution in [2.24, 2.45) is 0 Å². The van der Waals surface area contributed by atoms with Crippen LogP contribution in [0.15, 0.2) is 103 Å². The van der Waals surface area contributed by atoms with Gasteiger partial charge in [0.05, 0.1) is 0 Å². The third-order valence-electron chi connectivity index (χ3n) is 7.08. The molecule has 3 aromatic carbocycles. The number of ether oxygens (including phenoxy) is 1. The van der Waals surface area contributed by atoms with E-state index in [9.17, 15) is 39.6 Å². The lowest BCUT2D eigenvalue weighted by molar-refractivity contribution is -0.192. The Morgan fingerprint density at radius 2 is 1.29 bits per heavy atom. The van der Waals surface area contributed by atoms with E-state index < -0.39 is 59.3 Å². The molecule has 1 heterocycles. The van der Waals surface area contributed by atoms with Gasteiger partial charge in [0.15, 0.2) is 23.5 Å². The van der Waals surface area contributed by atoms with Crippen LogP contribution in [-0.2, 0) is 30.3 Å². The van der Waals surface area contributed by atoms with Crippen LogP contribution in [0.4, 0.5) is 0 Å². The van der Waals surface area contributed by atoms with Crippen LogP contribution in [0.25, 0.3) is 12.2 Å². The van der Waals surface area contributed by atoms with E-state index >= 15 is 0 Å². The molecule has 1 aliphatic rings. The highest BCUT2D eigenvalue weighted by Crippen LogP contribution is 2.39. The topological polar surface area (TPSA) is 158 Å². The largest absolute Gasteiger partial charge is 0.384 e. The van der Waals surface area contributed by atoms with Crippen molar-refractivity contribution in [3.63, 3.8) is 0 Å². The number of carbonyl (C=O) groups excluding carboxylic acids is 4. The summed E-state index contributed by atoms with van der Waals surface area (Å²) in [7, 11) is 0. The smallest absolute Gasteiger partial charge is 0.240 e. The lowest BCUT2D eigenvalue weighted by atomic mass is 9.73. The molecule has 42 heavy (non-hydrogen) atoms. The quantitative estimate of drug-likeness (QED) is 0.145. The molecule has 4 N–H and O–H groups in total. The molecule has 1 saturated heterocycles. The maximum atomic E-state index is 13.6. The summed E-state index contributed by atoms with van der Waals surface area (Å²) in [6.45, 7) is 0. The van der Waals surface area contributed by atoms with Crippen LogP contribution in [0.2, 0.25) is 0 Å². The van der Waals surface area contributed by atoms with Crippen LogP contribution in [0.3, 0.4) is 0 Å². The first-order chi connectivity index (χ1) is 20.1. The van der Waals surface area contributed by atoms with Gasteiger partial charge in [-0.1, -0.05) is 103 Å². The minimum absolute atomic E-state index is 0.0926. The van der Waals surface area contributed by atoms with E-state index in [1.807, 2.05) is 0 Å². The minimum atomic E-state index is -3.48. The lowest BCUT2D eigenvalue weighted by Gasteiger charge is -2.36. The van der Waals surface area contributed by atoms with Gasteiger partial charge in [-0.15, -0.1) is 0 Å². The Hall–Kier alpha value is -4.38. The Kier molecular flexibility index (Phi) is 9.52. The van der Waals surface area contributed by atoms with E-state index in [2.05, 4.69) is 0 Å². The zero-order chi connectivity index (χ0) is 30.3. The number of hydrogen-bond acceptors (Lipinski definition) is 9. The maximum Gasteiger partial charge on any atom is 0.240 e. The van der Waals surface area contributed by atoms with Crippen molar-refractivity contribution in [1.29, 1.82) is 0 Å². The molecule has 4 rings (SSSR count). The zero-order valence-electron chi connectivity index (χ0n) is 22.4. The van der Waals surface area contributed by atoms with Crippen LogP contribution in [0, 0.1) is 0 Å². The van der Waals surface area contributed by atoms with Crippen LogP contribution in [-0.4, -0.2) is 73.3 Å². The number of rotatable bonds is 12. The van der Waals surface area contributed by atoms with Gasteiger partial charge in [0.25, 0.3) is 0 Å². The Labute approximate surface area is 242 Å². The van der Waals surface area contributed by atoms with Crippen molar-refractivity contribution in [2.45, 2.75) is 42.5 Å². The fourth-order valence-electron chi connectivity index (χ4n) is 4.70. The second-order valence-electron chi connectivity index (χ2n) is 9.90. The van der Waals surface area contributed by atoms with Gasteiger partial charge in [-0.3, -0.25) is 19.2 Å². The van der Waals surface area contributed by atoms with Gasteiger partial charge in [-0.2, -0.15) is 0 Å². The first kappa shape index (κ1) is 30.6. The fourth-order valence-corrected chi connectivity index (χ4v) is 4.70. The molecular weight excluding hydrogens is 540 g/mol. The standard InChI is InChI=1S/C33H30O9/c34-25(19-16-22-10-4-1-5-11-22)28(37)32(40,26(35)20-17-23-12-6-2-7-13-23)31-33(41,29(38)30(39)42-31)27(36)21-18-24-14-8-3-9-15-24/h1-15,17-18,20-21,29-31,38-41H,16,19H2/t29-,30?,31+,32+,33+/m0/s1. The summed E-state index contributed by atoms with van der Waals surface area (Å²) in [5.41, 5.74) is -4.93. The summed E-state index contributed by atoms with van der Waals surface area (Å²) in [6, 6.07) is 25.4. The van der Waals surface area contributed by atoms with Crippen LogP contribution >= 0.6 is 0 Å². The molecule has 0 aromatic heterocycles. The molecule has 9 heteroatoms. The first-order valence-corrected chi connectivity index (χ1v) is 13.2. The molecule has 1 fully saturated rings. The Bertz CT molecular complexity index is 1480. The third kappa shape index (κ3) is 6.25. The molecule has 216 valence electrons. The molecular formula is C33H30O9. The second-order valence-corrected chi connectivity index (χ2v) is 9.90. The molecule has 0 aliphatic carbocycles. The Balaban J connectivity index is 1.73. The summed E-state index contributed by atoms with van der Waals surface area (Å²) in [5.74, 6) is -5.51. The Morgan fingerprint density at radius 3 is 1.83 bits per heavy atom. The van der Waals surface area contributed by atoms with Gasteiger partial charge >= 0.3 is 0 Å². The second kappa shape index (κ2) is 13.1. The van der Waals surface area contributed by atoms with Crippen LogP contribution in [0.5, 0.6) is 0 Å². The highest BCUT2D eigenvalue weighted by atomic mass is 16.7.